The summed E-state index contributed by atoms with van der Waals surface area (Å²) < 4.78 is 38.0. The van der Waals surface area contributed by atoms with Crippen molar-refractivity contribution >= 4 is 23.6 Å². The number of nitrogens with zero attached hydrogens (tertiary/aromatic N) is 2. The van der Waals surface area contributed by atoms with Gasteiger partial charge in [-0.1, -0.05) is 13.0 Å². The maximum Gasteiger partial charge on any atom is 0.490 e. The maximum absolute atomic E-state index is 11.8. The third-order valence-electron chi connectivity index (χ3n) is 4.39. The van der Waals surface area contributed by atoms with Crippen molar-refractivity contribution in [3.05, 3.63) is 30.1 Å². The molecule has 0 saturated carbocycles. The fraction of sp³-hybridized carbons (Fsp3) is 0.611. The average Bonchev–Trinajstić information content (AvgIpc) is 3.04. The van der Waals surface area contributed by atoms with E-state index in [-0.39, 0.29) is 4.75 Å². The number of hydrogen-bond donors (Lipinski definition) is 1. The number of aliphatic carboxylic acids is 1. The Morgan fingerprint density at radius 1 is 1.39 bits per heavy atom. The van der Waals surface area contributed by atoms with Crippen molar-refractivity contribution < 1.29 is 32.6 Å². The Kier molecular flexibility index (Phi) is 7.70. The number of pyridine rings is 1. The minimum Gasteiger partial charge on any atom is -0.475 e. The normalized spacial score (nSPS) is 20.3. The molecule has 1 N–H and O–H groups in total. The highest BCUT2D eigenvalue weighted by atomic mass is 32.2. The predicted molar refractivity (Wildman–Crippen MR) is 97.8 cm³/mol. The zero-order valence-corrected chi connectivity index (χ0v) is 16.3. The molecule has 2 aliphatic heterocycles. The lowest BCUT2D eigenvalue weighted by Crippen LogP contribution is -2.60. The topological polar surface area (TPSA) is 79.7 Å². The van der Waals surface area contributed by atoms with E-state index in [9.17, 15) is 18.0 Å². The largest absolute Gasteiger partial charge is 0.490 e. The first-order valence-electron chi connectivity index (χ1n) is 8.88. The summed E-state index contributed by atoms with van der Waals surface area (Å²) in [5, 5.41) is 7.12. The van der Waals surface area contributed by atoms with Crippen molar-refractivity contribution in [3.63, 3.8) is 0 Å². The third kappa shape index (κ3) is 6.37. The van der Waals surface area contributed by atoms with Crippen LogP contribution in [0.15, 0.2) is 24.4 Å². The molecule has 3 rings (SSSR count). The molecular formula is C18H23F3N2O4S. The number of thioether (sulfide) groups is 1. The molecule has 1 atom stereocenters. The van der Waals surface area contributed by atoms with Crippen LogP contribution in [0.5, 0.6) is 0 Å². The van der Waals surface area contributed by atoms with E-state index in [2.05, 4.69) is 11.9 Å². The minimum absolute atomic E-state index is 0.262. The second-order valence-electron chi connectivity index (χ2n) is 6.75. The number of alkyl halides is 3. The highest BCUT2D eigenvalue weighted by Gasteiger charge is 2.50. The molecule has 2 saturated heterocycles. The van der Waals surface area contributed by atoms with E-state index in [1.165, 1.54) is 0 Å². The molecule has 0 aliphatic carbocycles. The number of carbonyl (C=O) groups is 2. The number of carbonyl (C=O) groups excluding carboxylic acids is 1. The number of hydrogen-bond acceptors (Lipinski definition) is 5. The molecule has 6 nitrogen and oxygen atoms in total. The molecule has 1 aromatic rings. The Balaban J connectivity index is 0.000000345. The van der Waals surface area contributed by atoms with E-state index in [4.69, 9.17) is 14.6 Å². The summed E-state index contributed by atoms with van der Waals surface area (Å²) in [6.45, 7) is 4.44. The van der Waals surface area contributed by atoms with E-state index in [1.807, 2.05) is 34.9 Å². The van der Waals surface area contributed by atoms with Crippen molar-refractivity contribution in [3.8, 4) is 0 Å². The van der Waals surface area contributed by atoms with Crippen LogP contribution in [0.3, 0.4) is 0 Å². The van der Waals surface area contributed by atoms with Gasteiger partial charge in [0.15, 0.2) is 0 Å². The fourth-order valence-electron chi connectivity index (χ4n) is 3.01. The van der Waals surface area contributed by atoms with Crippen molar-refractivity contribution in [2.24, 2.45) is 0 Å². The molecule has 28 heavy (non-hydrogen) atoms. The quantitative estimate of drug-likeness (QED) is 0.789. The van der Waals surface area contributed by atoms with Gasteiger partial charge in [0.05, 0.1) is 23.2 Å². The molecule has 1 aromatic heterocycles. The summed E-state index contributed by atoms with van der Waals surface area (Å²) in [6.07, 6.45) is -0.320. The Bertz CT molecular complexity index is 667. The second kappa shape index (κ2) is 9.60. The van der Waals surface area contributed by atoms with Crippen LogP contribution < -0.4 is 0 Å². The van der Waals surface area contributed by atoms with Crippen LogP contribution in [0.2, 0.25) is 0 Å². The Morgan fingerprint density at radius 3 is 2.61 bits per heavy atom. The average molecular weight is 420 g/mol. The van der Waals surface area contributed by atoms with Crippen molar-refractivity contribution in [2.75, 3.05) is 18.8 Å². The molecule has 0 aromatic carbocycles. The molecule has 2 fully saturated rings. The number of amides is 1. The Labute approximate surface area is 165 Å². The van der Waals surface area contributed by atoms with Gasteiger partial charge in [0.1, 0.15) is 0 Å². The molecule has 156 valence electrons. The standard InChI is InChI=1S/C16H22N2O2S.C2HF3O2/c1-2-5-15(19)18-11-16(12-18)8-14(10-21-16)20-9-13-6-3-4-7-17-13;3-2(4,5)1(6)7/h3-4,6-7,14H,2,5,8-12H2,1H3;(H,6,7). The Morgan fingerprint density at radius 2 is 2.07 bits per heavy atom. The number of ether oxygens (including phenoxy) is 1. The van der Waals surface area contributed by atoms with Gasteiger partial charge < -0.3 is 14.7 Å². The summed E-state index contributed by atoms with van der Waals surface area (Å²) in [5.74, 6) is -1.42. The molecule has 2 aliphatic rings. The van der Waals surface area contributed by atoms with Gasteiger partial charge in [-0.15, -0.1) is 11.8 Å². The van der Waals surface area contributed by atoms with Crippen LogP contribution in [-0.4, -0.2) is 62.7 Å². The van der Waals surface area contributed by atoms with Crippen molar-refractivity contribution in [2.45, 2.75) is 49.8 Å². The molecule has 1 amide bonds. The van der Waals surface area contributed by atoms with Gasteiger partial charge in [-0.25, -0.2) is 4.79 Å². The monoisotopic (exact) mass is 420 g/mol. The molecule has 1 unspecified atom stereocenters. The summed E-state index contributed by atoms with van der Waals surface area (Å²) >= 11 is 1.97. The third-order valence-corrected chi connectivity index (χ3v) is 5.96. The second-order valence-corrected chi connectivity index (χ2v) is 8.24. The summed E-state index contributed by atoms with van der Waals surface area (Å²) in [4.78, 5) is 27.0. The van der Waals surface area contributed by atoms with E-state index in [0.717, 1.165) is 37.4 Å². The first kappa shape index (κ1) is 22.5. The lowest BCUT2D eigenvalue weighted by molar-refractivity contribution is -0.192. The SMILES string of the molecule is CCCC(=O)N1CC2(CC(OCc3ccccn3)CS2)C1.O=C(O)C(F)(F)F. The van der Waals surface area contributed by atoms with Crippen LogP contribution >= 0.6 is 11.8 Å². The summed E-state index contributed by atoms with van der Waals surface area (Å²) in [5.41, 5.74) is 0.983. The number of carboxylic acids is 1. The zero-order valence-electron chi connectivity index (χ0n) is 15.4. The summed E-state index contributed by atoms with van der Waals surface area (Å²) in [6, 6.07) is 5.90. The van der Waals surface area contributed by atoms with Crippen LogP contribution in [0, 0.1) is 0 Å². The van der Waals surface area contributed by atoms with Gasteiger partial charge in [-0.3, -0.25) is 9.78 Å². The fourth-order valence-corrected chi connectivity index (χ4v) is 4.57. The van der Waals surface area contributed by atoms with Gasteiger partial charge in [-0.2, -0.15) is 13.2 Å². The molecule has 10 heteroatoms. The zero-order chi connectivity index (χ0) is 20.8. The van der Waals surface area contributed by atoms with E-state index < -0.39 is 12.1 Å². The van der Waals surface area contributed by atoms with Gasteiger partial charge >= 0.3 is 12.1 Å². The summed E-state index contributed by atoms with van der Waals surface area (Å²) in [7, 11) is 0. The van der Waals surface area contributed by atoms with Gasteiger partial charge in [0.2, 0.25) is 5.91 Å². The van der Waals surface area contributed by atoms with Crippen LogP contribution in [-0.2, 0) is 20.9 Å². The molecule has 3 heterocycles. The molecular weight excluding hydrogens is 397 g/mol. The van der Waals surface area contributed by atoms with Gasteiger partial charge in [0.25, 0.3) is 0 Å². The minimum atomic E-state index is -5.08. The number of aromatic nitrogens is 1. The first-order valence-corrected chi connectivity index (χ1v) is 9.87. The number of carboxylic acid groups (broad SMARTS) is 1. The number of rotatable bonds is 5. The van der Waals surface area contributed by atoms with Crippen molar-refractivity contribution in [1.82, 2.24) is 9.88 Å². The maximum atomic E-state index is 11.8. The van der Waals surface area contributed by atoms with Crippen LogP contribution in [0.4, 0.5) is 13.2 Å². The van der Waals surface area contributed by atoms with E-state index in [1.54, 1.807) is 6.20 Å². The highest BCUT2D eigenvalue weighted by Crippen LogP contribution is 2.46. The molecule has 1 spiro atoms. The Hall–Kier alpha value is -1.81. The number of halogens is 3. The predicted octanol–water partition coefficient (Wildman–Crippen LogP) is 3.12. The smallest absolute Gasteiger partial charge is 0.475 e. The van der Waals surface area contributed by atoms with Crippen molar-refractivity contribution in [1.29, 1.82) is 0 Å². The molecule has 0 radical (unpaired) electrons. The van der Waals surface area contributed by atoms with Gasteiger partial charge in [-0.05, 0) is 25.0 Å². The lowest BCUT2D eigenvalue weighted by atomic mass is 9.92. The van der Waals surface area contributed by atoms with Crippen LogP contribution in [0.1, 0.15) is 31.9 Å². The first-order chi connectivity index (χ1) is 13.1. The highest BCUT2D eigenvalue weighted by molar-refractivity contribution is 8.01. The molecule has 0 bridgehead atoms. The van der Waals surface area contributed by atoms with E-state index in [0.29, 0.717) is 25.0 Å². The number of likely N-dealkylation sites (tertiary alicyclic amines) is 1. The van der Waals surface area contributed by atoms with E-state index >= 15 is 0 Å². The van der Waals surface area contributed by atoms with Crippen LogP contribution in [0.25, 0.3) is 0 Å². The lowest BCUT2D eigenvalue weighted by Gasteiger charge is -2.47. The van der Waals surface area contributed by atoms with Gasteiger partial charge in [0, 0.05) is 31.5 Å².